The second kappa shape index (κ2) is 7.73. The predicted molar refractivity (Wildman–Crippen MR) is 93.5 cm³/mol. The van der Waals surface area contributed by atoms with Crippen LogP contribution in [0, 0.1) is 0 Å². The second-order valence-electron chi connectivity index (χ2n) is 6.28. The summed E-state index contributed by atoms with van der Waals surface area (Å²) in [7, 11) is 3.34. The Morgan fingerprint density at radius 2 is 2.12 bits per heavy atom. The molecule has 0 saturated carbocycles. The first kappa shape index (κ1) is 17.5. The third-order valence-electron chi connectivity index (χ3n) is 4.08. The molecule has 0 atom stereocenters. The maximum absolute atomic E-state index is 12.1. The van der Waals surface area contributed by atoms with E-state index in [4.69, 9.17) is 0 Å². The van der Waals surface area contributed by atoms with Crippen molar-refractivity contribution >= 4 is 23.2 Å². The third-order valence-corrected chi connectivity index (χ3v) is 5.30. The van der Waals surface area contributed by atoms with Gasteiger partial charge in [0.05, 0.1) is 16.9 Å². The number of hydrogen-bond donors (Lipinski definition) is 1. The molecule has 0 fully saturated rings. The van der Waals surface area contributed by atoms with Crippen molar-refractivity contribution in [3.63, 3.8) is 0 Å². The Hall–Kier alpha value is -2.29. The van der Waals surface area contributed by atoms with Gasteiger partial charge in [-0.2, -0.15) is 0 Å². The Bertz CT molecular complexity index is 743. The molecule has 0 aliphatic heterocycles. The fourth-order valence-corrected chi connectivity index (χ4v) is 3.80. The summed E-state index contributed by atoms with van der Waals surface area (Å²) in [4.78, 5) is 31.3. The molecule has 8 nitrogen and oxygen atoms in total. The van der Waals surface area contributed by atoms with Gasteiger partial charge in [-0.3, -0.25) is 9.59 Å². The number of likely N-dealkylation sites (N-methyl/N-ethyl adjacent to an activating group) is 1. The Kier molecular flexibility index (Phi) is 5.42. The van der Waals surface area contributed by atoms with Gasteiger partial charge in [-0.05, 0) is 25.7 Å². The fourth-order valence-electron chi connectivity index (χ4n) is 2.65. The van der Waals surface area contributed by atoms with Gasteiger partial charge in [0.25, 0.3) is 5.91 Å². The molecule has 0 saturated heterocycles. The molecule has 134 valence electrons. The van der Waals surface area contributed by atoms with E-state index in [0.29, 0.717) is 6.54 Å². The highest BCUT2D eigenvalue weighted by Gasteiger charge is 2.16. The zero-order valence-electron chi connectivity index (χ0n) is 14.5. The molecule has 2 aromatic heterocycles. The van der Waals surface area contributed by atoms with Crippen LogP contribution in [0.1, 0.15) is 38.9 Å². The van der Waals surface area contributed by atoms with Crippen LogP contribution in [0.4, 0.5) is 0 Å². The van der Waals surface area contributed by atoms with Gasteiger partial charge in [0.1, 0.15) is 6.54 Å². The summed E-state index contributed by atoms with van der Waals surface area (Å²) in [5.74, 6) is -0.394. The number of rotatable bonds is 6. The van der Waals surface area contributed by atoms with Crippen molar-refractivity contribution in [2.24, 2.45) is 0 Å². The molecule has 3 rings (SSSR count). The number of aromatic nitrogens is 4. The summed E-state index contributed by atoms with van der Waals surface area (Å²) >= 11 is 1.76. The van der Waals surface area contributed by atoms with Crippen LogP contribution in [-0.2, 0) is 30.6 Å². The van der Waals surface area contributed by atoms with Gasteiger partial charge in [-0.25, -0.2) is 9.67 Å². The number of aryl methyl sites for hydroxylation is 2. The monoisotopic (exact) mass is 362 g/mol. The highest BCUT2D eigenvalue weighted by atomic mass is 32.1. The number of nitrogens with zero attached hydrogens (tertiary/aromatic N) is 5. The van der Waals surface area contributed by atoms with Crippen LogP contribution in [-0.4, -0.2) is 57.3 Å². The maximum Gasteiger partial charge on any atom is 0.273 e. The number of fused-ring (bicyclic) bond motifs is 1. The molecular formula is C16H22N6O2S. The summed E-state index contributed by atoms with van der Waals surface area (Å²) in [6, 6.07) is 0. The first-order valence-electron chi connectivity index (χ1n) is 8.39. The second-order valence-corrected chi connectivity index (χ2v) is 7.45. The highest BCUT2D eigenvalue weighted by Crippen LogP contribution is 2.26. The number of carbonyl (C=O) groups excluding carboxylic acids is 2. The van der Waals surface area contributed by atoms with Crippen LogP contribution in [0.3, 0.4) is 0 Å². The van der Waals surface area contributed by atoms with E-state index in [0.717, 1.165) is 24.3 Å². The molecule has 1 aliphatic rings. The van der Waals surface area contributed by atoms with Crippen molar-refractivity contribution in [1.29, 1.82) is 0 Å². The molecule has 1 aliphatic carbocycles. The lowest BCUT2D eigenvalue weighted by Gasteiger charge is -2.08. The smallest absolute Gasteiger partial charge is 0.273 e. The molecule has 0 radical (unpaired) electrons. The van der Waals surface area contributed by atoms with E-state index in [1.807, 2.05) is 0 Å². The van der Waals surface area contributed by atoms with Gasteiger partial charge in [0.2, 0.25) is 5.91 Å². The van der Waals surface area contributed by atoms with E-state index in [-0.39, 0.29) is 24.1 Å². The van der Waals surface area contributed by atoms with Gasteiger partial charge >= 0.3 is 0 Å². The van der Waals surface area contributed by atoms with Crippen molar-refractivity contribution in [3.8, 4) is 0 Å². The number of amides is 2. The Labute approximate surface area is 150 Å². The lowest BCUT2D eigenvalue weighted by Crippen LogP contribution is -2.27. The average molecular weight is 362 g/mol. The molecule has 0 unspecified atom stereocenters. The predicted octanol–water partition coefficient (Wildman–Crippen LogP) is 0.674. The maximum atomic E-state index is 12.1. The molecule has 2 amide bonds. The van der Waals surface area contributed by atoms with Crippen LogP contribution in [0.15, 0.2) is 6.20 Å². The summed E-state index contributed by atoms with van der Waals surface area (Å²) in [6.07, 6.45) is 6.88. The molecule has 2 heterocycles. The van der Waals surface area contributed by atoms with E-state index in [9.17, 15) is 9.59 Å². The van der Waals surface area contributed by atoms with Crippen LogP contribution in [0.25, 0.3) is 0 Å². The quantitative estimate of drug-likeness (QED) is 0.815. The number of carbonyl (C=O) groups is 2. The third kappa shape index (κ3) is 4.41. The molecule has 0 bridgehead atoms. The number of hydrogen-bond acceptors (Lipinski definition) is 6. The van der Waals surface area contributed by atoms with Crippen molar-refractivity contribution in [2.75, 3.05) is 20.6 Å². The van der Waals surface area contributed by atoms with E-state index < -0.39 is 0 Å². The van der Waals surface area contributed by atoms with E-state index in [1.165, 1.54) is 39.2 Å². The van der Waals surface area contributed by atoms with Gasteiger partial charge in [0.15, 0.2) is 5.69 Å². The van der Waals surface area contributed by atoms with Crippen LogP contribution in [0.5, 0.6) is 0 Å². The normalized spacial score (nSPS) is 13.4. The largest absolute Gasteiger partial charge is 0.350 e. The van der Waals surface area contributed by atoms with Gasteiger partial charge in [-0.1, -0.05) is 5.21 Å². The molecule has 25 heavy (non-hydrogen) atoms. The molecular weight excluding hydrogens is 340 g/mol. The van der Waals surface area contributed by atoms with Crippen LogP contribution < -0.4 is 5.32 Å². The first-order valence-corrected chi connectivity index (χ1v) is 9.20. The van der Waals surface area contributed by atoms with Crippen LogP contribution >= 0.6 is 11.3 Å². The van der Waals surface area contributed by atoms with Crippen molar-refractivity contribution in [1.82, 2.24) is 30.2 Å². The van der Waals surface area contributed by atoms with Crippen molar-refractivity contribution in [2.45, 2.75) is 38.6 Å². The highest BCUT2D eigenvalue weighted by molar-refractivity contribution is 7.11. The minimum absolute atomic E-state index is 0.0674. The first-order chi connectivity index (χ1) is 12.0. The summed E-state index contributed by atoms with van der Waals surface area (Å²) < 4.78 is 1.37. The minimum atomic E-state index is -0.287. The van der Waals surface area contributed by atoms with Gasteiger partial charge < -0.3 is 10.2 Å². The van der Waals surface area contributed by atoms with Crippen molar-refractivity contribution in [3.05, 3.63) is 27.5 Å². The van der Waals surface area contributed by atoms with Gasteiger partial charge in [0, 0.05) is 31.9 Å². The standard InChI is InChI=1S/C16H22N6O2S/c1-21(2)15(23)10-22-9-12(19-20-22)16(24)17-8-7-14-18-11-5-3-4-6-13(11)25-14/h9H,3-8,10H2,1-2H3,(H,17,24). The minimum Gasteiger partial charge on any atom is -0.350 e. The summed E-state index contributed by atoms with van der Waals surface area (Å²) in [6.45, 7) is 0.576. The summed E-state index contributed by atoms with van der Waals surface area (Å²) in [5, 5.41) is 11.6. The number of thiazole rings is 1. The Balaban J connectivity index is 1.48. The lowest BCUT2D eigenvalue weighted by atomic mass is 10.0. The number of nitrogens with one attached hydrogen (secondary N) is 1. The Morgan fingerprint density at radius 1 is 1.32 bits per heavy atom. The molecule has 2 aromatic rings. The molecule has 0 spiro atoms. The van der Waals surface area contributed by atoms with E-state index >= 15 is 0 Å². The zero-order valence-corrected chi connectivity index (χ0v) is 15.3. The zero-order chi connectivity index (χ0) is 17.8. The van der Waals surface area contributed by atoms with Crippen LogP contribution in [0.2, 0.25) is 0 Å². The Morgan fingerprint density at radius 3 is 2.88 bits per heavy atom. The fraction of sp³-hybridized carbons (Fsp3) is 0.562. The van der Waals surface area contributed by atoms with E-state index in [1.54, 1.807) is 25.4 Å². The molecule has 1 N–H and O–H groups in total. The molecule has 9 heteroatoms. The topological polar surface area (TPSA) is 93.0 Å². The van der Waals surface area contributed by atoms with Crippen molar-refractivity contribution < 1.29 is 9.59 Å². The van der Waals surface area contributed by atoms with E-state index in [2.05, 4.69) is 20.6 Å². The average Bonchev–Trinajstić information content (AvgIpc) is 3.20. The van der Waals surface area contributed by atoms with Gasteiger partial charge in [-0.15, -0.1) is 16.4 Å². The summed E-state index contributed by atoms with van der Waals surface area (Å²) in [5.41, 5.74) is 1.45. The lowest BCUT2D eigenvalue weighted by molar-refractivity contribution is -0.129. The molecule has 0 aromatic carbocycles. The SMILES string of the molecule is CN(C)C(=O)Cn1cc(C(=O)NCCc2nc3c(s2)CCCC3)nn1.